The molecule has 1 N–H and O–H groups in total. The Morgan fingerprint density at radius 2 is 2.06 bits per heavy atom. The molecule has 2 aliphatic heterocycles. The highest BCUT2D eigenvalue weighted by molar-refractivity contribution is 6.42. The predicted molar refractivity (Wildman–Crippen MR) is 69.1 cm³/mol. The molecule has 0 atom stereocenters. The lowest BCUT2D eigenvalue weighted by molar-refractivity contribution is -0.118. The molecule has 1 aromatic carbocycles. The van der Waals surface area contributed by atoms with Crippen LogP contribution in [0.2, 0.25) is 10.0 Å². The second kappa shape index (κ2) is 5.12. The molecule has 0 spiro atoms. The molecule has 1 aromatic rings. The van der Waals surface area contributed by atoms with Gasteiger partial charge in [0.15, 0.2) is 0 Å². The number of carbonyl (C=O) groups is 1. The number of hydrogen-bond donors (Lipinski definition) is 1. The number of guanidine groups is 1. The Morgan fingerprint density at radius 3 is 2.78 bits per heavy atom. The van der Waals surface area contributed by atoms with Gasteiger partial charge in [-0.1, -0.05) is 23.2 Å². The Labute approximate surface area is 113 Å². The van der Waals surface area contributed by atoms with E-state index < -0.39 is 0 Å². The molecule has 0 radical (unpaired) electrons. The number of nitrogens with one attached hydrogen (secondary N) is 1. The summed E-state index contributed by atoms with van der Waals surface area (Å²) in [5.41, 5.74) is 1.64. The molecule has 1 amide bonds. The Kier molecular flexibility index (Phi) is 3.73. The van der Waals surface area contributed by atoms with Crippen LogP contribution in [-0.4, -0.2) is 30.5 Å². The van der Waals surface area contributed by atoms with Crippen molar-refractivity contribution in [2.45, 2.75) is 6.54 Å². The van der Waals surface area contributed by atoms with Crippen molar-refractivity contribution >= 4 is 40.8 Å². The first-order valence-electron chi connectivity index (χ1n) is 5.13. The minimum absolute atomic E-state index is 0.0474. The van der Waals surface area contributed by atoms with E-state index in [9.17, 15) is 9.18 Å². The van der Waals surface area contributed by atoms with Gasteiger partial charge in [-0.05, 0) is 12.1 Å². The van der Waals surface area contributed by atoms with E-state index in [1.807, 2.05) is 4.90 Å². The molecule has 2 heterocycles. The fourth-order valence-corrected chi connectivity index (χ4v) is 2.26. The predicted octanol–water partition coefficient (Wildman–Crippen LogP) is 2.51. The van der Waals surface area contributed by atoms with Crippen molar-refractivity contribution in [2.24, 2.45) is 4.99 Å². The fraction of sp³-hybridized carbons (Fsp3) is 0.273. The molecule has 0 bridgehead atoms. The van der Waals surface area contributed by atoms with E-state index in [1.165, 1.54) is 0 Å². The molecule has 0 unspecified atom stereocenters. The topological polar surface area (TPSA) is 44.7 Å². The van der Waals surface area contributed by atoms with E-state index in [4.69, 9.17) is 23.2 Å². The summed E-state index contributed by atoms with van der Waals surface area (Å²) in [6.45, 7) is 0.882. The van der Waals surface area contributed by atoms with Gasteiger partial charge in [0, 0.05) is 5.56 Å². The minimum Gasteiger partial charge on any atom is -0.329 e. The number of carbonyl (C=O) groups excluding carboxylic acids is 1. The third-order valence-corrected chi connectivity index (χ3v) is 3.48. The summed E-state index contributed by atoms with van der Waals surface area (Å²) >= 11 is 12.0. The maximum Gasteiger partial charge on any atom is 0.246 e. The number of aliphatic imine (C=N–C) groups is 1. The molecular weight excluding hydrogens is 280 g/mol. The largest absolute Gasteiger partial charge is 0.329 e. The monoisotopic (exact) mass is 289 g/mol. The van der Waals surface area contributed by atoms with Gasteiger partial charge in [-0.2, -0.15) is 0 Å². The Hall–Kier alpha value is -1.33. The van der Waals surface area contributed by atoms with Crippen LogP contribution in [0.1, 0.15) is 5.56 Å². The average molecular weight is 290 g/mol. The normalized spacial score (nSPS) is 16.1. The maximum atomic E-state index is 11.2. The van der Waals surface area contributed by atoms with Gasteiger partial charge in [-0.3, -0.25) is 14.5 Å². The molecule has 2 aliphatic rings. The van der Waals surface area contributed by atoms with Crippen LogP contribution in [0.5, 0.6) is 0 Å². The molecule has 18 heavy (non-hydrogen) atoms. The third kappa shape index (κ3) is 2.15. The standard InChI is InChI=1S/C10H7Cl2N3O.CH3F/c11-6-1-2-7-5(9(6)12)3-15-4-8(16)14-10(15)13-7;1-2/h1-2H,3-4H2,(H,13,14,16);1H3. The van der Waals surface area contributed by atoms with E-state index in [-0.39, 0.29) is 5.91 Å². The van der Waals surface area contributed by atoms with E-state index in [0.29, 0.717) is 36.3 Å². The molecule has 0 aliphatic carbocycles. The van der Waals surface area contributed by atoms with Gasteiger partial charge in [0.05, 0.1) is 29.5 Å². The summed E-state index contributed by atoms with van der Waals surface area (Å²) in [6.07, 6.45) is 0. The molecule has 0 saturated carbocycles. The van der Waals surface area contributed by atoms with Crippen LogP contribution >= 0.6 is 23.2 Å². The molecule has 0 aromatic heterocycles. The number of fused-ring (bicyclic) bond motifs is 2. The number of alkyl halides is 1. The van der Waals surface area contributed by atoms with Gasteiger partial charge < -0.3 is 4.90 Å². The molecule has 1 saturated heterocycles. The Bertz CT molecular complexity index is 533. The van der Waals surface area contributed by atoms with E-state index in [1.54, 1.807) is 12.1 Å². The molecular formula is C11H10Cl2FN3O. The van der Waals surface area contributed by atoms with Crippen LogP contribution in [0.25, 0.3) is 0 Å². The molecule has 4 nitrogen and oxygen atoms in total. The Morgan fingerprint density at radius 1 is 1.33 bits per heavy atom. The fourth-order valence-electron chi connectivity index (χ4n) is 1.86. The first kappa shape index (κ1) is 13.1. The molecule has 7 heteroatoms. The van der Waals surface area contributed by atoms with Crippen LogP contribution in [-0.2, 0) is 11.3 Å². The van der Waals surface area contributed by atoms with E-state index in [2.05, 4.69) is 10.3 Å². The van der Waals surface area contributed by atoms with Crippen molar-refractivity contribution in [3.05, 3.63) is 27.7 Å². The van der Waals surface area contributed by atoms with Crippen LogP contribution in [0, 0.1) is 0 Å². The zero-order valence-corrected chi connectivity index (χ0v) is 11.0. The summed E-state index contributed by atoms with van der Waals surface area (Å²) in [5, 5.41) is 3.72. The van der Waals surface area contributed by atoms with Crippen LogP contribution in [0.15, 0.2) is 17.1 Å². The van der Waals surface area contributed by atoms with Crippen molar-refractivity contribution in [1.82, 2.24) is 10.2 Å². The minimum atomic E-state index is -0.0474. The van der Waals surface area contributed by atoms with Gasteiger partial charge in [-0.15, -0.1) is 0 Å². The number of amides is 1. The Balaban J connectivity index is 0.000000574. The summed E-state index contributed by atoms with van der Waals surface area (Å²) in [5.74, 6) is 0.546. The number of rotatable bonds is 0. The first-order chi connectivity index (χ1) is 8.65. The second-order valence-corrected chi connectivity index (χ2v) is 4.48. The average Bonchev–Trinajstić information content (AvgIpc) is 2.74. The van der Waals surface area contributed by atoms with Crippen LogP contribution < -0.4 is 5.32 Å². The highest BCUT2D eigenvalue weighted by atomic mass is 35.5. The van der Waals surface area contributed by atoms with Crippen molar-refractivity contribution in [3.63, 3.8) is 0 Å². The van der Waals surface area contributed by atoms with Crippen molar-refractivity contribution < 1.29 is 9.18 Å². The van der Waals surface area contributed by atoms with Crippen LogP contribution in [0.3, 0.4) is 0 Å². The van der Waals surface area contributed by atoms with Gasteiger partial charge in [0.25, 0.3) is 0 Å². The number of benzene rings is 1. The zero-order valence-electron chi connectivity index (χ0n) is 9.51. The SMILES string of the molecule is CF.O=C1CN2Cc3c(ccc(Cl)c3Cl)N=C2N1. The summed E-state index contributed by atoms with van der Waals surface area (Å²) < 4.78 is 9.50. The lowest BCUT2D eigenvalue weighted by atomic mass is 10.1. The molecule has 3 rings (SSSR count). The smallest absolute Gasteiger partial charge is 0.246 e. The number of halogens is 3. The highest BCUT2D eigenvalue weighted by Gasteiger charge is 2.30. The molecule has 96 valence electrons. The van der Waals surface area contributed by atoms with Gasteiger partial charge in [-0.25, -0.2) is 4.99 Å². The van der Waals surface area contributed by atoms with Gasteiger partial charge in [0.2, 0.25) is 11.9 Å². The number of hydrogen-bond acceptors (Lipinski definition) is 3. The van der Waals surface area contributed by atoms with Crippen molar-refractivity contribution in [2.75, 3.05) is 13.7 Å². The lowest BCUT2D eigenvalue weighted by Crippen LogP contribution is -2.32. The number of nitrogens with zero attached hydrogens (tertiary/aromatic N) is 2. The van der Waals surface area contributed by atoms with Crippen molar-refractivity contribution in [1.29, 1.82) is 0 Å². The van der Waals surface area contributed by atoms with E-state index >= 15 is 0 Å². The first-order valence-corrected chi connectivity index (χ1v) is 5.89. The second-order valence-electron chi connectivity index (χ2n) is 3.70. The lowest BCUT2D eigenvalue weighted by Gasteiger charge is -2.23. The quantitative estimate of drug-likeness (QED) is 0.798. The third-order valence-electron chi connectivity index (χ3n) is 2.63. The zero-order chi connectivity index (χ0) is 13.3. The summed E-state index contributed by atoms with van der Waals surface area (Å²) in [7, 11) is 0.500. The highest BCUT2D eigenvalue weighted by Crippen LogP contribution is 2.36. The van der Waals surface area contributed by atoms with Crippen molar-refractivity contribution in [3.8, 4) is 0 Å². The van der Waals surface area contributed by atoms with Gasteiger partial charge >= 0.3 is 0 Å². The molecule has 1 fully saturated rings. The maximum absolute atomic E-state index is 11.2. The van der Waals surface area contributed by atoms with E-state index in [0.717, 1.165) is 11.3 Å². The van der Waals surface area contributed by atoms with Gasteiger partial charge in [0.1, 0.15) is 6.54 Å². The summed E-state index contributed by atoms with van der Waals surface area (Å²) in [6, 6.07) is 3.51. The summed E-state index contributed by atoms with van der Waals surface area (Å²) in [4.78, 5) is 17.4. The van der Waals surface area contributed by atoms with Crippen LogP contribution in [0.4, 0.5) is 10.1 Å².